The lowest BCUT2D eigenvalue weighted by atomic mass is 9.89. The predicted molar refractivity (Wildman–Crippen MR) is 103 cm³/mol. The highest BCUT2D eigenvalue weighted by atomic mass is 35.5. The van der Waals surface area contributed by atoms with Crippen molar-refractivity contribution in [3.8, 4) is 5.88 Å². The summed E-state index contributed by atoms with van der Waals surface area (Å²) >= 11 is 11.8. The van der Waals surface area contributed by atoms with Crippen molar-refractivity contribution in [3.05, 3.63) is 32.3 Å². The summed E-state index contributed by atoms with van der Waals surface area (Å²) in [6, 6.07) is -0.135. The number of aliphatic hydroxyl groups is 1. The Morgan fingerprint density at radius 3 is 2.86 bits per heavy atom. The van der Waals surface area contributed by atoms with E-state index in [4.69, 9.17) is 27.9 Å². The predicted octanol–water partition coefficient (Wildman–Crippen LogP) is 3.16. The Labute approximate surface area is 171 Å². The Balaban J connectivity index is 1.61. The molecule has 1 atom stereocenters. The highest BCUT2D eigenvalue weighted by Crippen LogP contribution is 2.38. The second-order valence-corrected chi connectivity index (χ2v) is 7.48. The van der Waals surface area contributed by atoms with Crippen molar-refractivity contribution in [2.45, 2.75) is 51.3 Å². The van der Waals surface area contributed by atoms with Crippen LogP contribution in [0.3, 0.4) is 0 Å². The van der Waals surface area contributed by atoms with Crippen molar-refractivity contribution in [2.24, 2.45) is 0 Å². The summed E-state index contributed by atoms with van der Waals surface area (Å²) < 4.78 is 7.17. The van der Waals surface area contributed by atoms with Gasteiger partial charge in [0, 0.05) is 12.5 Å². The van der Waals surface area contributed by atoms with Gasteiger partial charge < -0.3 is 15.2 Å². The molecule has 3 rings (SSSR count). The number of anilines is 1. The third-order valence-electron chi connectivity index (χ3n) is 4.59. The first-order chi connectivity index (χ1) is 13.3. The van der Waals surface area contributed by atoms with Gasteiger partial charge in [-0.15, -0.1) is 5.10 Å². The fourth-order valence-corrected chi connectivity index (χ4v) is 3.27. The van der Waals surface area contributed by atoms with Crippen LogP contribution in [0.4, 0.5) is 11.5 Å². The molecule has 2 aromatic heterocycles. The zero-order valence-corrected chi connectivity index (χ0v) is 16.8. The average Bonchev–Trinajstić information content (AvgIpc) is 2.91. The number of aliphatic hydroxyl groups excluding tert-OH is 1. The Bertz CT molecular complexity index is 871. The Morgan fingerprint density at radius 2 is 2.21 bits per heavy atom. The van der Waals surface area contributed by atoms with Crippen LogP contribution in [0.5, 0.6) is 5.88 Å². The van der Waals surface area contributed by atoms with Crippen LogP contribution < -0.4 is 10.1 Å². The topological polar surface area (TPSA) is 128 Å². The molecule has 2 N–H and O–H groups in total. The van der Waals surface area contributed by atoms with E-state index in [9.17, 15) is 15.2 Å². The van der Waals surface area contributed by atoms with Gasteiger partial charge in [0.2, 0.25) is 5.28 Å². The zero-order valence-electron chi connectivity index (χ0n) is 15.3. The van der Waals surface area contributed by atoms with Crippen molar-refractivity contribution < 1.29 is 14.8 Å². The van der Waals surface area contributed by atoms with Gasteiger partial charge in [-0.25, -0.2) is 4.98 Å². The monoisotopic (exact) mass is 430 g/mol. The van der Waals surface area contributed by atoms with Gasteiger partial charge in [-0.3, -0.25) is 14.8 Å². The SMILES string of the molecule is Cc1c([N+](=O)[O-])c(OCC[C@@H](C)Nc2nc(Cl)ncc2Cl)nn1C1CC(O)C1. The molecule has 1 aliphatic rings. The largest absolute Gasteiger partial charge is 0.472 e. The highest BCUT2D eigenvalue weighted by Gasteiger charge is 2.35. The van der Waals surface area contributed by atoms with E-state index in [1.807, 2.05) is 6.92 Å². The minimum atomic E-state index is -0.492. The maximum atomic E-state index is 11.4. The van der Waals surface area contributed by atoms with E-state index < -0.39 is 4.92 Å². The molecule has 0 bridgehead atoms. The zero-order chi connectivity index (χ0) is 20.4. The van der Waals surface area contributed by atoms with Crippen LogP contribution in [0, 0.1) is 17.0 Å². The van der Waals surface area contributed by atoms with Crippen LogP contribution in [0.15, 0.2) is 6.20 Å². The van der Waals surface area contributed by atoms with E-state index in [1.54, 1.807) is 11.6 Å². The molecule has 0 saturated heterocycles. The molecule has 152 valence electrons. The third-order valence-corrected chi connectivity index (χ3v) is 5.05. The summed E-state index contributed by atoms with van der Waals surface area (Å²) in [5.74, 6) is 0.392. The van der Waals surface area contributed by atoms with E-state index in [0.717, 1.165) is 0 Å². The fourth-order valence-electron chi connectivity index (χ4n) is 2.99. The lowest BCUT2D eigenvalue weighted by Crippen LogP contribution is -2.32. The van der Waals surface area contributed by atoms with Crippen molar-refractivity contribution >= 4 is 34.7 Å². The molecule has 1 saturated carbocycles. The Kier molecular flexibility index (Phi) is 6.21. The number of nitrogens with zero attached hydrogens (tertiary/aromatic N) is 5. The van der Waals surface area contributed by atoms with E-state index in [0.29, 0.717) is 35.8 Å². The molecule has 1 aliphatic carbocycles. The van der Waals surface area contributed by atoms with E-state index >= 15 is 0 Å². The van der Waals surface area contributed by atoms with E-state index in [-0.39, 0.29) is 41.6 Å². The molecule has 2 aromatic rings. The van der Waals surface area contributed by atoms with Gasteiger partial charge in [0.1, 0.15) is 16.5 Å². The lowest BCUT2D eigenvalue weighted by molar-refractivity contribution is -0.386. The highest BCUT2D eigenvalue weighted by molar-refractivity contribution is 6.33. The first-order valence-electron chi connectivity index (χ1n) is 8.75. The number of halogens is 2. The van der Waals surface area contributed by atoms with Gasteiger partial charge in [0.05, 0.1) is 29.9 Å². The molecule has 10 nitrogen and oxygen atoms in total. The normalized spacial score (nSPS) is 19.8. The van der Waals surface area contributed by atoms with Crippen molar-refractivity contribution in [2.75, 3.05) is 11.9 Å². The van der Waals surface area contributed by atoms with Crippen molar-refractivity contribution in [1.29, 1.82) is 0 Å². The van der Waals surface area contributed by atoms with E-state index in [1.165, 1.54) is 6.20 Å². The first kappa shape index (κ1) is 20.6. The third kappa shape index (κ3) is 4.45. The number of nitro groups is 1. The van der Waals surface area contributed by atoms with Crippen LogP contribution in [-0.4, -0.2) is 48.5 Å². The van der Waals surface area contributed by atoms with Crippen molar-refractivity contribution in [1.82, 2.24) is 19.7 Å². The second kappa shape index (κ2) is 8.46. The summed E-state index contributed by atoms with van der Waals surface area (Å²) in [6.45, 7) is 3.73. The molecular formula is C16H20Cl2N6O4. The standard InChI is InChI=1S/C16H20Cl2N6O4/c1-8(20-14-12(17)7-19-16(18)21-14)3-4-28-15-13(24(26)27)9(2)23(22-15)10-5-11(25)6-10/h7-8,10-11,25H,3-6H2,1-2H3,(H,19,20,21)/t8-,10?,11?/m1/s1. The van der Waals surface area contributed by atoms with Gasteiger partial charge >= 0.3 is 11.6 Å². The molecular weight excluding hydrogens is 411 g/mol. The lowest BCUT2D eigenvalue weighted by Gasteiger charge is -2.31. The van der Waals surface area contributed by atoms with Crippen LogP contribution in [0.1, 0.15) is 37.9 Å². The van der Waals surface area contributed by atoms with Gasteiger partial charge in [0.25, 0.3) is 0 Å². The van der Waals surface area contributed by atoms with Crippen LogP contribution in [-0.2, 0) is 0 Å². The fraction of sp³-hybridized carbons (Fsp3) is 0.562. The molecule has 1 fully saturated rings. The maximum absolute atomic E-state index is 11.4. The van der Waals surface area contributed by atoms with Crippen LogP contribution in [0.25, 0.3) is 0 Å². The second-order valence-electron chi connectivity index (χ2n) is 6.74. The number of nitrogens with one attached hydrogen (secondary N) is 1. The number of aromatic nitrogens is 4. The number of hydrogen-bond acceptors (Lipinski definition) is 8. The smallest absolute Gasteiger partial charge is 0.352 e. The maximum Gasteiger partial charge on any atom is 0.352 e. The first-order valence-corrected chi connectivity index (χ1v) is 9.50. The summed E-state index contributed by atoms with van der Waals surface area (Å²) in [4.78, 5) is 18.7. The van der Waals surface area contributed by atoms with Gasteiger partial charge in [-0.05, 0) is 38.3 Å². The Hall–Kier alpha value is -2.17. The van der Waals surface area contributed by atoms with Gasteiger partial charge in [-0.1, -0.05) is 11.6 Å². The van der Waals surface area contributed by atoms with Crippen molar-refractivity contribution in [3.63, 3.8) is 0 Å². The summed E-state index contributed by atoms with van der Waals surface area (Å²) in [5.41, 5.74) is 0.276. The molecule has 12 heteroatoms. The molecule has 2 heterocycles. The summed E-state index contributed by atoms with van der Waals surface area (Å²) in [7, 11) is 0. The molecule has 0 aromatic carbocycles. The van der Waals surface area contributed by atoms with Crippen LogP contribution in [0.2, 0.25) is 10.3 Å². The Morgan fingerprint density at radius 1 is 1.50 bits per heavy atom. The summed E-state index contributed by atoms with van der Waals surface area (Å²) in [5, 5.41) is 28.7. The molecule has 28 heavy (non-hydrogen) atoms. The molecule has 0 spiro atoms. The van der Waals surface area contributed by atoms with Crippen LogP contribution >= 0.6 is 23.2 Å². The van der Waals surface area contributed by atoms with E-state index in [2.05, 4.69) is 20.4 Å². The number of rotatable bonds is 8. The molecule has 0 amide bonds. The van der Waals surface area contributed by atoms with Gasteiger partial charge in [0.15, 0.2) is 0 Å². The molecule has 0 radical (unpaired) electrons. The quantitative estimate of drug-likeness (QED) is 0.371. The minimum absolute atomic E-state index is 0.0146. The minimum Gasteiger partial charge on any atom is -0.472 e. The van der Waals surface area contributed by atoms with Gasteiger partial charge in [-0.2, -0.15) is 4.98 Å². The summed E-state index contributed by atoms with van der Waals surface area (Å²) in [6.07, 6.45) is 2.60. The number of ether oxygens (including phenoxy) is 1. The number of hydrogen-bond donors (Lipinski definition) is 2. The molecule has 0 unspecified atom stereocenters. The average molecular weight is 431 g/mol. The molecule has 0 aliphatic heterocycles.